The van der Waals surface area contributed by atoms with Crippen LogP contribution in [0.3, 0.4) is 0 Å². The van der Waals surface area contributed by atoms with Crippen LogP contribution in [0.2, 0.25) is 0 Å². The van der Waals surface area contributed by atoms with Gasteiger partial charge in [0, 0.05) is 5.41 Å². The first-order valence-electron chi connectivity index (χ1n) is 7.24. The molecule has 0 N–H and O–H groups in total. The van der Waals surface area contributed by atoms with Crippen molar-refractivity contribution in [3.05, 3.63) is 71.6 Å². The summed E-state index contributed by atoms with van der Waals surface area (Å²) in [6.45, 7) is 2.50. The third kappa shape index (κ3) is 5.04. The Bertz CT molecular complexity index is 702. The van der Waals surface area contributed by atoms with Gasteiger partial charge in [-0.15, -0.1) is 0 Å². The molecule has 0 radical (unpaired) electrons. The number of allylic oxidation sites excluding steroid dienone is 1. The van der Waals surface area contributed by atoms with E-state index in [0.717, 1.165) is 17.7 Å². The summed E-state index contributed by atoms with van der Waals surface area (Å²) in [4.78, 5) is 0.329. The Morgan fingerprint density at radius 1 is 1.00 bits per heavy atom. The van der Waals surface area contributed by atoms with Gasteiger partial charge in [0.05, 0.1) is 11.5 Å². The van der Waals surface area contributed by atoms with Crippen molar-refractivity contribution in [1.29, 1.82) is 0 Å². The molecule has 3 nitrogen and oxygen atoms in total. The van der Waals surface area contributed by atoms with Crippen LogP contribution in [0.5, 0.6) is 5.75 Å². The lowest BCUT2D eigenvalue weighted by Crippen LogP contribution is -1.97. The van der Waals surface area contributed by atoms with Gasteiger partial charge >= 0.3 is 0 Å². The molecule has 0 aliphatic heterocycles. The van der Waals surface area contributed by atoms with Crippen LogP contribution < -0.4 is 4.74 Å². The van der Waals surface area contributed by atoms with Crippen molar-refractivity contribution < 1.29 is 13.2 Å². The zero-order valence-electron chi connectivity index (χ0n) is 12.6. The Balaban J connectivity index is 1.78. The highest BCUT2D eigenvalue weighted by molar-refractivity contribution is 7.94. The van der Waals surface area contributed by atoms with Crippen LogP contribution in [-0.4, -0.2) is 15.0 Å². The van der Waals surface area contributed by atoms with Gasteiger partial charge < -0.3 is 4.74 Å². The standard InChI is InChI=1S/C18H20O3S/c1-16-10-12-18(13-11-16)22(19,20)15-7-3-6-14-21-17-8-4-2-5-9-17/h2,4-5,7-13,15H,3,6,14H2,1H3/b15-7+. The molecule has 0 spiro atoms. The van der Waals surface area contributed by atoms with E-state index >= 15 is 0 Å². The Labute approximate surface area is 132 Å². The zero-order valence-corrected chi connectivity index (χ0v) is 13.4. The van der Waals surface area contributed by atoms with E-state index in [1.54, 1.807) is 30.3 Å². The summed E-state index contributed by atoms with van der Waals surface area (Å²) in [5, 5.41) is 1.28. The predicted molar refractivity (Wildman–Crippen MR) is 88.7 cm³/mol. The lowest BCUT2D eigenvalue weighted by molar-refractivity contribution is 0.312. The van der Waals surface area contributed by atoms with Crippen LogP contribution >= 0.6 is 0 Å². The van der Waals surface area contributed by atoms with Crippen molar-refractivity contribution in [3.63, 3.8) is 0 Å². The Kier molecular flexibility index (Phi) is 5.78. The molecule has 0 amide bonds. The first-order valence-corrected chi connectivity index (χ1v) is 8.79. The topological polar surface area (TPSA) is 43.4 Å². The predicted octanol–water partition coefficient (Wildman–Crippen LogP) is 4.14. The number of para-hydroxylation sites is 1. The summed E-state index contributed by atoms with van der Waals surface area (Å²) >= 11 is 0. The molecule has 0 aliphatic carbocycles. The summed E-state index contributed by atoms with van der Waals surface area (Å²) in [6.07, 6.45) is 3.12. The van der Waals surface area contributed by atoms with Crippen LogP contribution in [-0.2, 0) is 9.84 Å². The molecule has 0 fully saturated rings. The summed E-state index contributed by atoms with van der Waals surface area (Å²) in [6, 6.07) is 16.4. The number of benzene rings is 2. The molecule has 0 bridgehead atoms. The van der Waals surface area contributed by atoms with E-state index in [4.69, 9.17) is 4.74 Å². The molecule has 4 heteroatoms. The van der Waals surface area contributed by atoms with Crippen molar-refractivity contribution >= 4 is 9.84 Å². The summed E-state index contributed by atoms with van der Waals surface area (Å²) < 4.78 is 29.7. The molecule has 2 rings (SSSR count). The van der Waals surface area contributed by atoms with Crippen LogP contribution in [0.15, 0.2) is 71.0 Å². The molecule has 2 aromatic carbocycles. The lowest BCUT2D eigenvalue weighted by atomic mass is 10.2. The minimum absolute atomic E-state index is 0.329. The Morgan fingerprint density at radius 3 is 2.36 bits per heavy atom. The number of sulfone groups is 1. The molecule has 0 aliphatic rings. The van der Waals surface area contributed by atoms with E-state index in [2.05, 4.69) is 0 Å². The molecule has 116 valence electrons. The fourth-order valence-corrected chi connectivity index (χ4v) is 2.97. The first kappa shape index (κ1) is 16.3. The largest absolute Gasteiger partial charge is 0.494 e. The average Bonchev–Trinajstić information content (AvgIpc) is 2.52. The van der Waals surface area contributed by atoms with Crippen molar-refractivity contribution in [3.8, 4) is 5.75 Å². The maximum Gasteiger partial charge on any atom is 0.199 e. The first-order chi connectivity index (χ1) is 10.6. The smallest absolute Gasteiger partial charge is 0.199 e. The highest BCUT2D eigenvalue weighted by Crippen LogP contribution is 2.14. The van der Waals surface area contributed by atoms with E-state index < -0.39 is 9.84 Å². The summed E-state index contributed by atoms with van der Waals surface area (Å²) in [5.74, 6) is 0.832. The molecule has 2 aromatic rings. The Morgan fingerprint density at radius 2 is 1.68 bits per heavy atom. The van der Waals surface area contributed by atoms with Gasteiger partial charge in [-0.25, -0.2) is 8.42 Å². The molecular formula is C18H20O3S. The second kappa shape index (κ2) is 7.80. The number of ether oxygens (including phenoxy) is 1. The molecule has 0 unspecified atom stereocenters. The maximum absolute atomic E-state index is 12.1. The number of unbranched alkanes of at least 4 members (excludes halogenated alkanes) is 1. The molecule has 0 saturated carbocycles. The quantitative estimate of drug-likeness (QED) is 0.721. The monoisotopic (exact) mass is 316 g/mol. The zero-order chi connectivity index (χ0) is 15.8. The second-order valence-electron chi connectivity index (χ2n) is 5.03. The van der Waals surface area contributed by atoms with Crippen molar-refractivity contribution in [2.75, 3.05) is 6.61 Å². The highest BCUT2D eigenvalue weighted by Gasteiger charge is 2.08. The maximum atomic E-state index is 12.1. The second-order valence-corrected chi connectivity index (χ2v) is 6.87. The number of aryl methyl sites for hydroxylation is 1. The summed E-state index contributed by atoms with van der Waals surface area (Å²) in [5.41, 5.74) is 1.04. The molecule has 0 saturated heterocycles. The SMILES string of the molecule is Cc1ccc(S(=O)(=O)/C=C/CCCOc2ccccc2)cc1. The van der Waals surface area contributed by atoms with Gasteiger partial charge in [0.1, 0.15) is 5.75 Å². The van der Waals surface area contributed by atoms with Gasteiger partial charge in [-0.2, -0.15) is 0 Å². The molecule has 22 heavy (non-hydrogen) atoms. The van der Waals surface area contributed by atoms with Crippen molar-refractivity contribution in [2.24, 2.45) is 0 Å². The molecule has 0 atom stereocenters. The van der Waals surface area contributed by atoms with Crippen LogP contribution in [0, 0.1) is 6.92 Å². The van der Waals surface area contributed by atoms with E-state index in [0.29, 0.717) is 17.9 Å². The van der Waals surface area contributed by atoms with Gasteiger partial charge in [0.2, 0.25) is 0 Å². The minimum Gasteiger partial charge on any atom is -0.494 e. The number of rotatable bonds is 7. The van der Waals surface area contributed by atoms with E-state index in [1.165, 1.54) is 5.41 Å². The van der Waals surface area contributed by atoms with Crippen LogP contribution in [0.1, 0.15) is 18.4 Å². The minimum atomic E-state index is -3.34. The molecular weight excluding hydrogens is 296 g/mol. The highest BCUT2D eigenvalue weighted by atomic mass is 32.2. The summed E-state index contributed by atoms with van der Waals surface area (Å²) in [7, 11) is -3.34. The van der Waals surface area contributed by atoms with E-state index in [-0.39, 0.29) is 0 Å². The molecule has 0 aromatic heterocycles. The van der Waals surface area contributed by atoms with Crippen molar-refractivity contribution in [1.82, 2.24) is 0 Å². The number of hydrogen-bond donors (Lipinski definition) is 0. The normalized spacial score (nSPS) is 11.7. The van der Waals surface area contributed by atoms with E-state index in [1.807, 2.05) is 37.3 Å². The van der Waals surface area contributed by atoms with Crippen molar-refractivity contribution in [2.45, 2.75) is 24.7 Å². The third-order valence-electron chi connectivity index (χ3n) is 3.15. The third-order valence-corrected chi connectivity index (χ3v) is 4.63. The fraction of sp³-hybridized carbons (Fsp3) is 0.222. The van der Waals surface area contributed by atoms with Gasteiger partial charge in [0.15, 0.2) is 9.84 Å². The fourth-order valence-electron chi connectivity index (χ4n) is 1.91. The lowest BCUT2D eigenvalue weighted by Gasteiger charge is -2.04. The Hall–Kier alpha value is -2.07. The van der Waals surface area contributed by atoms with Gasteiger partial charge in [-0.1, -0.05) is 42.0 Å². The average molecular weight is 316 g/mol. The van der Waals surface area contributed by atoms with Gasteiger partial charge in [0.25, 0.3) is 0 Å². The van der Waals surface area contributed by atoms with Gasteiger partial charge in [-0.3, -0.25) is 0 Å². The van der Waals surface area contributed by atoms with Crippen LogP contribution in [0.25, 0.3) is 0 Å². The molecule has 0 heterocycles. The van der Waals surface area contributed by atoms with Crippen LogP contribution in [0.4, 0.5) is 0 Å². The number of hydrogen-bond acceptors (Lipinski definition) is 3. The van der Waals surface area contributed by atoms with Gasteiger partial charge in [-0.05, 0) is 44.0 Å². The van der Waals surface area contributed by atoms with E-state index in [9.17, 15) is 8.42 Å².